The Morgan fingerprint density at radius 1 is 1.19 bits per heavy atom. The molecule has 27 heavy (non-hydrogen) atoms. The molecule has 0 unspecified atom stereocenters. The first kappa shape index (κ1) is 18.2. The summed E-state index contributed by atoms with van der Waals surface area (Å²) in [6, 6.07) is 12.0. The van der Waals surface area contributed by atoms with Crippen molar-refractivity contribution in [2.24, 2.45) is 0 Å². The van der Waals surface area contributed by atoms with Gasteiger partial charge in [-0.1, -0.05) is 35.0 Å². The molecule has 8 heteroatoms. The predicted octanol–water partition coefficient (Wildman–Crippen LogP) is 3.53. The molecule has 2 aromatic carbocycles. The van der Waals surface area contributed by atoms with Crippen LogP contribution in [0.5, 0.6) is 0 Å². The minimum atomic E-state index is -0.474. The summed E-state index contributed by atoms with van der Waals surface area (Å²) < 4.78 is 5.24. The molecule has 0 saturated heterocycles. The second-order valence-corrected chi connectivity index (χ2v) is 6.30. The van der Waals surface area contributed by atoms with E-state index in [1.807, 2.05) is 31.2 Å². The van der Waals surface area contributed by atoms with Gasteiger partial charge < -0.3 is 9.42 Å². The fourth-order valence-electron chi connectivity index (χ4n) is 2.63. The van der Waals surface area contributed by atoms with E-state index in [0.717, 1.165) is 11.1 Å². The first-order valence-electron chi connectivity index (χ1n) is 8.25. The number of nitrogens with zero attached hydrogens (tertiary/aromatic N) is 4. The first-order chi connectivity index (χ1) is 12.8. The van der Waals surface area contributed by atoms with Gasteiger partial charge in [0.25, 0.3) is 11.6 Å². The smallest absolute Gasteiger partial charge is 0.272 e. The average molecular weight is 366 g/mol. The minimum Gasteiger partial charge on any atom is -0.337 e. The summed E-state index contributed by atoms with van der Waals surface area (Å²) in [7, 11) is 1.61. The average Bonchev–Trinajstić information content (AvgIpc) is 3.09. The Hall–Kier alpha value is -3.55. The van der Waals surface area contributed by atoms with Gasteiger partial charge in [0.2, 0.25) is 11.7 Å². The van der Waals surface area contributed by atoms with Crippen molar-refractivity contribution >= 4 is 11.6 Å². The highest BCUT2D eigenvalue weighted by Crippen LogP contribution is 2.20. The molecule has 0 N–H and O–H groups in total. The Morgan fingerprint density at radius 3 is 2.52 bits per heavy atom. The van der Waals surface area contributed by atoms with E-state index in [1.165, 1.54) is 23.1 Å². The number of aryl methyl sites for hydroxylation is 2. The molecule has 0 saturated carbocycles. The van der Waals surface area contributed by atoms with Crippen LogP contribution in [0.4, 0.5) is 5.69 Å². The molecule has 0 aliphatic rings. The summed E-state index contributed by atoms with van der Waals surface area (Å²) in [6.07, 6.45) is 0. The molecule has 0 aliphatic heterocycles. The maximum absolute atomic E-state index is 12.6. The molecular formula is C19H18N4O4. The molecule has 138 valence electrons. The largest absolute Gasteiger partial charge is 0.337 e. The van der Waals surface area contributed by atoms with E-state index in [1.54, 1.807) is 14.0 Å². The number of rotatable bonds is 5. The highest BCUT2D eigenvalue weighted by Gasteiger charge is 2.19. The third-order valence-electron chi connectivity index (χ3n) is 4.14. The van der Waals surface area contributed by atoms with Crippen molar-refractivity contribution in [2.45, 2.75) is 20.4 Å². The van der Waals surface area contributed by atoms with E-state index < -0.39 is 4.92 Å². The van der Waals surface area contributed by atoms with Gasteiger partial charge in [-0.3, -0.25) is 14.9 Å². The lowest BCUT2D eigenvalue weighted by Gasteiger charge is -2.15. The molecule has 1 aromatic heterocycles. The van der Waals surface area contributed by atoms with Crippen molar-refractivity contribution < 1.29 is 14.2 Å². The Bertz CT molecular complexity index is 995. The maximum atomic E-state index is 12.6. The number of aromatic nitrogens is 2. The normalized spacial score (nSPS) is 10.6. The number of hydrogen-bond donors (Lipinski definition) is 0. The molecule has 0 spiro atoms. The van der Waals surface area contributed by atoms with Crippen molar-refractivity contribution in [3.05, 3.63) is 75.2 Å². The molecule has 1 heterocycles. The number of hydrogen-bond acceptors (Lipinski definition) is 6. The standard InChI is InChI=1S/C19H18N4O4/c1-12-4-6-14(7-5-12)18-20-17(27-21-18)11-22(3)19(24)15-8-9-16(23(25)26)13(2)10-15/h4-10H,11H2,1-3H3. The van der Waals surface area contributed by atoms with Gasteiger partial charge in [-0.25, -0.2) is 0 Å². The van der Waals surface area contributed by atoms with Gasteiger partial charge in [0, 0.05) is 29.8 Å². The molecule has 3 rings (SSSR count). The molecule has 0 atom stereocenters. The van der Waals surface area contributed by atoms with Crippen LogP contribution >= 0.6 is 0 Å². The lowest BCUT2D eigenvalue weighted by Crippen LogP contribution is -2.26. The zero-order chi connectivity index (χ0) is 19.6. The van der Waals surface area contributed by atoms with Gasteiger partial charge in [-0.05, 0) is 26.0 Å². The monoisotopic (exact) mass is 366 g/mol. The second-order valence-electron chi connectivity index (χ2n) is 6.30. The lowest BCUT2D eigenvalue weighted by molar-refractivity contribution is -0.385. The SMILES string of the molecule is Cc1ccc(-c2noc(CN(C)C(=O)c3ccc([N+](=O)[O-])c(C)c3)n2)cc1. The highest BCUT2D eigenvalue weighted by molar-refractivity contribution is 5.94. The molecule has 1 amide bonds. The Morgan fingerprint density at radius 2 is 1.89 bits per heavy atom. The van der Waals surface area contributed by atoms with Crippen LogP contribution in [0.3, 0.4) is 0 Å². The molecule has 0 aliphatic carbocycles. The van der Waals surface area contributed by atoms with Crippen LogP contribution in [0.25, 0.3) is 11.4 Å². The lowest BCUT2D eigenvalue weighted by atomic mass is 10.1. The van der Waals surface area contributed by atoms with E-state index in [-0.39, 0.29) is 18.1 Å². The topological polar surface area (TPSA) is 102 Å². The van der Waals surface area contributed by atoms with Crippen molar-refractivity contribution in [1.82, 2.24) is 15.0 Å². The summed E-state index contributed by atoms with van der Waals surface area (Å²) in [4.78, 5) is 28.7. The molecule has 0 radical (unpaired) electrons. The van der Waals surface area contributed by atoms with Crippen molar-refractivity contribution in [1.29, 1.82) is 0 Å². The van der Waals surface area contributed by atoms with Gasteiger partial charge in [0.05, 0.1) is 11.5 Å². The van der Waals surface area contributed by atoms with Gasteiger partial charge in [0.15, 0.2) is 0 Å². The molecular weight excluding hydrogens is 348 g/mol. The summed E-state index contributed by atoms with van der Waals surface area (Å²) >= 11 is 0. The second kappa shape index (κ2) is 7.36. The number of carbonyl (C=O) groups excluding carboxylic acids is 1. The number of nitro benzene ring substituents is 1. The van der Waals surface area contributed by atoms with Gasteiger partial charge >= 0.3 is 0 Å². The summed E-state index contributed by atoms with van der Waals surface area (Å²) in [5, 5.41) is 14.8. The number of carbonyl (C=O) groups is 1. The quantitative estimate of drug-likeness (QED) is 0.505. The van der Waals surface area contributed by atoms with Crippen LogP contribution in [0.2, 0.25) is 0 Å². The molecule has 0 bridgehead atoms. The van der Waals surface area contributed by atoms with Gasteiger partial charge in [-0.15, -0.1) is 0 Å². The summed E-state index contributed by atoms with van der Waals surface area (Å²) in [5.74, 6) is 0.472. The maximum Gasteiger partial charge on any atom is 0.272 e. The van der Waals surface area contributed by atoms with E-state index in [2.05, 4.69) is 10.1 Å². The third kappa shape index (κ3) is 4.00. The Labute approximate surface area is 155 Å². The summed E-state index contributed by atoms with van der Waals surface area (Å²) in [6.45, 7) is 3.72. The Balaban J connectivity index is 1.72. The number of nitro groups is 1. The fraction of sp³-hybridized carbons (Fsp3) is 0.211. The highest BCUT2D eigenvalue weighted by atomic mass is 16.6. The third-order valence-corrected chi connectivity index (χ3v) is 4.14. The van der Waals surface area contributed by atoms with Crippen LogP contribution in [-0.2, 0) is 6.54 Å². The Kier molecular flexibility index (Phi) is 4.98. The first-order valence-corrected chi connectivity index (χ1v) is 8.25. The molecule has 8 nitrogen and oxygen atoms in total. The van der Waals surface area contributed by atoms with Crippen LogP contribution in [0, 0.1) is 24.0 Å². The van der Waals surface area contributed by atoms with E-state index >= 15 is 0 Å². The molecule has 0 fully saturated rings. The molecule has 3 aromatic rings. The van der Waals surface area contributed by atoms with Crippen molar-refractivity contribution in [2.75, 3.05) is 7.05 Å². The van der Waals surface area contributed by atoms with E-state index in [0.29, 0.717) is 22.8 Å². The fourth-order valence-corrected chi connectivity index (χ4v) is 2.63. The van der Waals surface area contributed by atoms with Gasteiger partial charge in [-0.2, -0.15) is 4.98 Å². The van der Waals surface area contributed by atoms with E-state index in [4.69, 9.17) is 4.52 Å². The number of amides is 1. The van der Waals surface area contributed by atoms with E-state index in [9.17, 15) is 14.9 Å². The van der Waals surface area contributed by atoms with Gasteiger partial charge in [0.1, 0.15) is 0 Å². The zero-order valence-electron chi connectivity index (χ0n) is 15.2. The van der Waals surface area contributed by atoms with Crippen molar-refractivity contribution in [3.63, 3.8) is 0 Å². The number of benzene rings is 2. The zero-order valence-corrected chi connectivity index (χ0v) is 15.2. The minimum absolute atomic E-state index is 0.0196. The summed E-state index contributed by atoms with van der Waals surface area (Å²) in [5.41, 5.74) is 2.73. The van der Waals surface area contributed by atoms with Crippen LogP contribution in [0.15, 0.2) is 47.0 Å². The van der Waals surface area contributed by atoms with Crippen LogP contribution in [-0.4, -0.2) is 32.9 Å². The predicted molar refractivity (Wildman–Crippen MR) is 98.1 cm³/mol. The van der Waals surface area contributed by atoms with Crippen molar-refractivity contribution in [3.8, 4) is 11.4 Å². The van der Waals surface area contributed by atoms with Crippen LogP contribution < -0.4 is 0 Å². The van der Waals surface area contributed by atoms with Crippen LogP contribution in [0.1, 0.15) is 27.4 Å².